The van der Waals surface area contributed by atoms with E-state index >= 15 is 0 Å². The zero-order valence-corrected chi connectivity index (χ0v) is 13.2. The maximum absolute atomic E-state index is 11.7. The molecule has 0 radical (unpaired) electrons. The number of rotatable bonds is 3. The van der Waals surface area contributed by atoms with Gasteiger partial charge >= 0.3 is 5.97 Å². The summed E-state index contributed by atoms with van der Waals surface area (Å²) in [5, 5.41) is 1.18. The molecule has 0 aliphatic carbocycles. The van der Waals surface area contributed by atoms with Gasteiger partial charge in [0.25, 0.3) is 0 Å². The van der Waals surface area contributed by atoms with E-state index in [2.05, 4.69) is 28.2 Å². The van der Waals surface area contributed by atoms with Crippen LogP contribution in [0.25, 0.3) is 16.5 Å². The van der Waals surface area contributed by atoms with Crippen LogP contribution in [0.5, 0.6) is 5.75 Å². The van der Waals surface area contributed by atoms with Gasteiger partial charge in [-0.25, -0.2) is 0 Å². The molecule has 2 aliphatic heterocycles. The SMILES string of the molecule is COc1ccc2[nH]cc(C3=CCN([C@H]4CCOC4=O)CC3)c2c1. The van der Waals surface area contributed by atoms with Crippen molar-refractivity contribution in [3.63, 3.8) is 0 Å². The van der Waals surface area contributed by atoms with E-state index in [-0.39, 0.29) is 12.0 Å². The highest BCUT2D eigenvalue weighted by molar-refractivity contribution is 5.93. The summed E-state index contributed by atoms with van der Waals surface area (Å²) in [6, 6.07) is 6.02. The van der Waals surface area contributed by atoms with Crippen molar-refractivity contribution >= 4 is 22.4 Å². The molecule has 5 heteroatoms. The van der Waals surface area contributed by atoms with Gasteiger partial charge in [0, 0.05) is 42.2 Å². The van der Waals surface area contributed by atoms with Gasteiger partial charge < -0.3 is 14.5 Å². The van der Waals surface area contributed by atoms with Crippen molar-refractivity contribution in [3.05, 3.63) is 36.0 Å². The van der Waals surface area contributed by atoms with Crippen LogP contribution in [0.4, 0.5) is 0 Å². The van der Waals surface area contributed by atoms with Crippen LogP contribution in [0.3, 0.4) is 0 Å². The number of benzene rings is 1. The van der Waals surface area contributed by atoms with Gasteiger partial charge in [0.15, 0.2) is 0 Å². The summed E-state index contributed by atoms with van der Waals surface area (Å²) in [7, 11) is 1.69. The molecule has 1 saturated heterocycles. The number of H-pyrrole nitrogens is 1. The quantitative estimate of drug-likeness (QED) is 0.885. The number of methoxy groups -OCH3 is 1. The molecule has 23 heavy (non-hydrogen) atoms. The molecule has 0 spiro atoms. The number of aromatic nitrogens is 1. The molecule has 0 unspecified atom stereocenters. The number of aromatic amines is 1. The largest absolute Gasteiger partial charge is 0.497 e. The molecule has 1 fully saturated rings. The number of cyclic esters (lactones) is 1. The van der Waals surface area contributed by atoms with Crippen LogP contribution in [0.1, 0.15) is 18.4 Å². The van der Waals surface area contributed by atoms with Gasteiger partial charge in [-0.15, -0.1) is 0 Å². The molecular formula is C18H20N2O3. The molecule has 3 heterocycles. The third-order valence-corrected chi connectivity index (χ3v) is 4.82. The fourth-order valence-corrected chi connectivity index (χ4v) is 3.52. The Hall–Kier alpha value is -2.27. The third-order valence-electron chi connectivity index (χ3n) is 4.82. The van der Waals surface area contributed by atoms with Gasteiger partial charge in [-0.05, 0) is 30.2 Å². The average Bonchev–Trinajstić information content (AvgIpc) is 3.20. The van der Waals surface area contributed by atoms with E-state index in [1.807, 2.05) is 12.1 Å². The zero-order valence-electron chi connectivity index (χ0n) is 13.2. The first-order chi connectivity index (χ1) is 11.3. The van der Waals surface area contributed by atoms with Crippen LogP contribution in [0, 0.1) is 0 Å². The highest BCUT2D eigenvalue weighted by atomic mass is 16.5. The summed E-state index contributed by atoms with van der Waals surface area (Å²) >= 11 is 0. The molecule has 0 saturated carbocycles. The van der Waals surface area contributed by atoms with Gasteiger partial charge in [-0.3, -0.25) is 9.69 Å². The predicted octanol–water partition coefficient (Wildman–Crippen LogP) is 2.58. The van der Waals surface area contributed by atoms with Crippen LogP contribution in [0.2, 0.25) is 0 Å². The highest BCUT2D eigenvalue weighted by Crippen LogP contribution is 2.32. The minimum atomic E-state index is -0.0707. The lowest BCUT2D eigenvalue weighted by Crippen LogP contribution is -2.41. The Labute approximate surface area is 134 Å². The number of fused-ring (bicyclic) bond motifs is 1. The van der Waals surface area contributed by atoms with Crippen molar-refractivity contribution in [1.29, 1.82) is 0 Å². The van der Waals surface area contributed by atoms with Gasteiger partial charge in [0.2, 0.25) is 0 Å². The summed E-state index contributed by atoms with van der Waals surface area (Å²) in [5.74, 6) is 0.795. The van der Waals surface area contributed by atoms with Crippen LogP contribution in [0.15, 0.2) is 30.5 Å². The Morgan fingerprint density at radius 2 is 2.30 bits per heavy atom. The topological polar surface area (TPSA) is 54.6 Å². The number of carbonyl (C=O) groups is 1. The number of ether oxygens (including phenoxy) is 2. The Bertz CT molecular complexity index is 778. The van der Waals surface area contributed by atoms with E-state index in [0.717, 1.165) is 37.2 Å². The van der Waals surface area contributed by atoms with Gasteiger partial charge in [-0.2, -0.15) is 0 Å². The Balaban J connectivity index is 1.59. The number of carbonyl (C=O) groups excluding carboxylic acids is 1. The lowest BCUT2D eigenvalue weighted by atomic mass is 9.98. The molecule has 120 valence electrons. The molecular weight excluding hydrogens is 292 g/mol. The van der Waals surface area contributed by atoms with E-state index in [0.29, 0.717) is 6.61 Å². The van der Waals surface area contributed by atoms with E-state index in [1.54, 1.807) is 7.11 Å². The first-order valence-electron chi connectivity index (χ1n) is 8.01. The predicted molar refractivity (Wildman–Crippen MR) is 88.4 cm³/mol. The molecule has 0 amide bonds. The first kappa shape index (κ1) is 14.3. The average molecular weight is 312 g/mol. The molecule has 5 nitrogen and oxygen atoms in total. The molecule has 2 aliphatic rings. The molecule has 0 bridgehead atoms. The summed E-state index contributed by atoms with van der Waals surface area (Å²) in [6.07, 6.45) is 6.05. The smallest absolute Gasteiger partial charge is 0.323 e. The minimum Gasteiger partial charge on any atom is -0.497 e. The van der Waals surface area contributed by atoms with Crippen LogP contribution in [-0.2, 0) is 9.53 Å². The summed E-state index contributed by atoms with van der Waals surface area (Å²) in [6.45, 7) is 2.24. The highest BCUT2D eigenvalue weighted by Gasteiger charge is 2.33. The lowest BCUT2D eigenvalue weighted by molar-refractivity contribution is -0.142. The monoisotopic (exact) mass is 312 g/mol. The number of nitrogens with zero attached hydrogens (tertiary/aromatic N) is 1. The van der Waals surface area contributed by atoms with E-state index in [1.165, 1.54) is 16.5 Å². The van der Waals surface area contributed by atoms with Crippen LogP contribution < -0.4 is 4.74 Å². The van der Waals surface area contributed by atoms with E-state index < -0.39 is 0 Å². The van der Waals surface area contributed by atoms with Gasteiger partial charge in [-0.1, -0.05) is 6.08 Å². The Morgan fingerprint density at radius 1 is 1.39 bits per heavy atom. The number of hydrogen-bond acceptors (Lipinski definition) is 4. The molecule has 1 N–H and O–H groups in total. The standard InChI is InChI=1S/C18H20N2O3/c1-22-13-2-3-16-14(10-13)15(11-19-16)12-4-7-20(8-5-12)17-6-9-23-18(17)21/h2-4,10-11,17,19H,5-9H2,1H3/t17-/m0/s1. The second-order valence-corrected chi connectivity index (χ2v) is 6.06. The van der Waals surface area contributed by atoms with Crippen molar-refractivity contribution in [2.45, 2.75) is 18.9 Å². The second-order valence-electron chi connectivity index (χ2n) is 6.06. The molecule has 4 rings (SSSR count). The summed E-state index contributed by atoms with van der Waals surface area (Å²) in [4.78, 5) is 17.3. The Kier molecular flexibility index (Phi) is 3.58. The van der Waals surface area contributed by atoms with Crippen LogP contribution >= 0.6 is 0 Å². The van der Waals surface area contributed by atoms with Crippen molar-refractivity contribution in [2.24, 2.45) is 0 Å². The van der Waals surface area contributed by atoms with Gasteiger partial charge in [0.05, 0.1) is 13.7 Å². The van der Waals surface area contributed by atoms with Crippen LogP contribution in [-0.4, -0.2) is 48.7 Å². The first-order valence-corrected chi connectivity index (χ1v) is 8.01. The van der Waals surface area contributed by atoms with Crippen molar-refractivity contribution in [2.75, 3.05) is 26.8 Å². The van der Waals surface area contributed by atoms with E-state index in [4.69, 9.17) is 9.47 Å². The second kappa shape index (κ2) is 5.74. The molecule has 1 aromatic carbocycles. The van der Waals surface area contributed by atoms with Gasteiger partial charge in [0.1, 0.15) is 11.8 Å². The zero-order chi connectivity index (χ0) is 15.8. The fraction of sp³-hybridized carbons (Fsp3) is 0.389. The summed E-state index contributed by atoms with van der Waals surface area (Å²) in [5.41, 5.74) is 3.67. The normalized spacial score (nSPS) is 22.2. The van der Waals surface area contributed by atoms with Crippen molar-refractivity contribution in [1.82, 2.24) is 9.88 Å². The third kappa shape index (κ3) is 2.51. The maximum atomic E-state index is 11.7. The molecule has 2 aromatic rings. The minimum absolute atomic E-state index is 0.0594. The van der Waals surface area contributed by atoms with E-state index in [9.17, 15) is 4.79 Å². The number of esters is 1. The lowest BCUT2D eigenvalue weighted by Gasteiger charge is -2.29. The maximum Gasteiger partial charge on any atom is 0.323 e. The summed E-state index contributed by atoms with van der Waals surface area (Å²) < 4.78 is 10.4. The van der Waals surface area contributed by atoms with Crippen molar-refractivity contribution in [3.8, 4) is 5.75 Å². The number of nitrogens with one attached hydrogen (secondary N) is 1. The number of hydrogen-bond donors (Lipinski definition) is 1. The molecule has 1 aromatic heterocycles. The molecule has 1 atom stereocenters. The van der Waals surface area contributed by atoms with Crippen molar-refractivity contribution < 1.29 is 14.3 Å². The Morgan fingerprint density at radius 3 is 3.00 bits per heavy atom. The fourth-order valence-electron chi connectivity index (χ4n) is 3.52.